The molecule has 0 spiro atoms. The first-order valence-corrected chi connectivity index (χ1v) is 10.7. The van der Waals surface area contributed by atoms with Gasteiger partial charge in [0, 0.05) is 30.8 Å². The minimum atomic E-state index is -4.30. The number of fused-ring (bicyclic) bond motifs is 1. The van der Waals surface area contributed by atoms with Gasteiger partial charge in [-0.1, -0.05) is 12.1 Å². The van der Waals surface area contributed by atoms with Crippen molar-refractivity contribution in [3.05, 3.63) is 59.2 Å². The average molecular weight is 421 g/mol. The molecule has 3 nitrogen and oxygen atoms in total. The van der Waals surface area contributed by atoms with Crippen LogP contribution in [0.4, 0.5) is 13.2 Å². The summed E-state index contributed by atoms with van der Waals surface area (Å²) >= 11 is 1.71. The first-order valence-electron chi connectivity index (χ1n) is 9.72. The van der Waals surface area contributed by atoms with Crippen LogP contribution in [-0.2, 0) is 6.18 Å². The Labute approximate surface area is 172 Å². The van der Waals surface area contributed by atoms with Crippen LogP contribution in [0.1, 0.15) is 40.2 Å². The maximum atomic E-state index is 12.7. The summed E-state index contributed by atoms with van der Waals surface area (Å²) in [5.74, 6) is 2.06. The minimum absolute atomic E-state index is 0.108. The van der Waals surface area contributed by atoms with Gasteiger partial charge in [-0.25, -0.2) is 0 Å². The van der Waals surface area contributed by atoms with Crippen molar-refractivity contribution < 1.29 is 22.7 Å². The number of carbonyl (C=O) groups is 1. The number of halogens is 3. The Hall–Kier alpha value is -1.99. The summed E-state index contributed by atoms with van der Waals surface area (Å²) in [7, 11) is 0. The van der Waals surface area contributed by atoms with E-state index in [0.717, 1.165) is 53.6 Å². The number of thioether (sulfide) groups is 1. The van der Waals surface area contributed by atoms with Crippen molar-refractivity contribution in [2.24, 2.45) is 0 Å². The number of carbonyl (C=O) groups excluding carboxylic acids is 1. The van der Waals surface area contributed by atoms with E-state index in [-0.39, 0.29) is 11.7 Å². The largest absolute Gasteiger partial charge is 0.492 e. The second-order valence-electron chi connectivity index (χ2n) is 7.44. The summed E-state index contributed by atoms with van der Waals surface area (Å²) in [6.45, 7) is 2.98. The average Bonchev–Trinajstić information content (AvgIpc) is 3.20. The molecule has 2 aliphatic heterocycles. The number of rotatable bonds is 5. The highest BCUT2D eigenvalue weighted by molar-refractivity contribution is 7.99. The van der Waals surface area contributed by atoms with Gasteiger partial charge >= 0.3 is 6.18 Å². The fraction of sp³-hybridized carbons (Fsp3) is 0.409. The Kier molecular flexibility index (Phi) is 5.88. The van der Waals surface area contributed by atoms with Gasteiger partial charge in [0.05, 0.1) is 17.1 Å². The van der Waals surface area contributed by atoms with Crippen LogP contribution in [0.2, 0.25) is 0 Å². The van der Waals surface area contributed by atoms with Gasteiger partial charge in [0.25, 0.3) is 0 Å². The number of likely N-dealkylation sites (tertiary alicyclic amines) is 1. The number of Topliss-reactive ketones (excluding diaryl/α,β-unsaturated/α-hetero) is 1. The summed E-state index contributed by atoms with van der Waals surface area (Å²) in [5.41, 5.74) is 1.02. The lowest BCUT2D eigenvalue weighted by atomic mass is 9.97. The highest BCUT2D eigenvalue weighted by Crippen LogP contribution is 2.35. The maximum Gasteiger partial charge on any atom is 0.416 e. The molecule has 2 aromatic rings. The third-order valence-corrected chi connectivity index (χ3v) is 6.50. The van der Waals surface area contributed by atoms with Crippen molar-refractivity contribution in [1.82, 2.24) is 4.90 Å². The second kappa shape index (κ2) is 8.40. The van der Waals surface area contributed by atoms with Crippen LogP contribution in [0.25, 0.3) is 0 Å². The molecular weight excluding hydrogens is 399 g/mol. The number of alkyl halides is 3. The molecule has 1 atom stereocenters. The molecule has 0 saturated carbocycles. The van der Waals surface area contributed by atoms with E-state index in [9.17, 15) is 18.0 Å². The Balaban J connectivity index is 1.31. The van der Waals surface area contributed by atoms with Crippen molar-refractivity contribution in [3.63, 3.8) is 0 Å². The number of benzene rings is 2. The Morgan fingerprint density at radius 1 is 1.17 bits per heavy atom. The lowest BCUT2D eigenvalue weighted by molar-refractivity contribution is -0.137. The molecule has 4 rings (SSSR count). The number of ether oxygens (including phenoxy) is 1. The van der Waals surface area contributed by atoms with Gasteiger partial charge < -0.3 is 9.64 Å². The quantitative estimate of drug-likeness (QED) is 0.617. The highest BCUT2D eigenvalue weighted by Gasteiger charge is 2.31. The molecule has 0 aliphatic carbocycles. The summed E-state index contributed by atoms with van der Waals surface area (Å²) in [6, 6.07) is 11.1. The van der Waals surface area contributed by atoms with Gasteiger partial charge in [0.15, 0.2) is 5.78 Å². The predicted molar refractivity (Wildman–Crippen MR) is 107 cm³/mol. The molecule has 1 unspecified atom stereocenters. The van der Waals surface area contributed by atoms with Gasteiger partial charge in [0.1, 0.15) is 5.75 Å². The molecular formula is C22H22F3NO2S. The zero-order chi connectivity index (χ0) is 20.4. The molecule has 7 heteroatoms. The first-order chi connectivity index (χ1) is 13.9. The van der Waals surface area contributed by atoms with Crippen LogP contribution in [-0.4, -0.2) is 42.7 Å². The lowest BCUT2D eigenvalue weighted by Crippen LogP contribution is -2.23. The lowest BCUT2D eigenvalue weighted by Gasteiger charge is -2.18. The maximum absolute atomic E-state index is 12.7. The number of hydrogen-bond acceptors (Lipinski definition) is 4. The molecule has 0 radical (unpaired) electrons. The second-order valence-corrected chi connectivity index (χ2v) is 8.57. The van der Waals surface area contributed by atoms with Crippen LogP contribution >= 0.6 is 11.8 Å². The van der Waals surface area contributed by atoms with Gasteiger partial charge in [0.2, 0.25) is 0 Å². The van der Waals surface area contributed by atoms with Gasteiger partial charge in [-0.05, 0) is 54.8 Å². The molecule has 0 amide bonds. The van der Waals surface area contributed by atoms with E-state index in [0.29, 0.717) is 25.1 Å². The topological polar surface area (TPSA) is 29.5 Å². The van der Waals surface area contributed by atoms with E-state index < -0.39 is 11.7 Å². The molecule has 0 aromatic heterocycles. The standard InChI is InChI=1S/C22H22F3NO2S/c23-22(24,25)18-4-1-15(2-5-18)17-7-9-26(14-17)10-8-19(27)16-3-6-20-21(13-16)29-12-11-28-20/h1-6,13,17H,7-12,14H2. The molecule has 0 N–H and O–H groups in total. The summed E-state index contributed by atoms with van der Waals surface area (Å²) in [4.78, 5) is 15.8. The SMILES string of the molecule is O=C(CCN1CCC(c2ccc(C(F)(F)F)cc2)C1)c1ccc2c(c1)SCCO2. The van der Waals surface area contributed by atoms with Crippen LogP contribution in [0, 0.1) is 0 Å². The van der Waals surface area contributed by atoms with Crippen LogP contribution in [0.3, 0.4) is 0 Å². The fourth-order valence-corrected chi connectivity index (χ4v) is 4.74. The summed E-state index contributed by atoms with van der Waals surface area (Å²) in [5, 5.41) is 0. The minimum Gasteiger partial charge on any atom is -0.492 e. The van der Waals surface area contributed by atoms with E-state index in [1.54, 1.807) is 23.9 Å². The molecule has 2 heterocycles. The predicted octanol–water partition coefficient (Wildman–Crippen LogP) is 5.25. The van der Waals surface area contributed by atoms with Crippen LogP contribution < -0.4 is 4.74 Å². The van der Waals surface area contributed by atoms with Gasteiger partial charge in [-0.2, -0.15) is 13.2 Å². The fourth-order valence-electron chi connectivity index (χ4n) is 3.87. The molecule has 29 heavy (non-hydrogen) atoms. The van der Waals surface area contributed by atoms with Crippen LogP contribution in [0.15, 0.2) is 47.4 Å². The third kappa shape index (κ3) is 4.78. The zero-order valence-electron chi connectivity index (χ0n) is 15.9. The van der Waals surface area contributed by atoms with E-state index in [4.69, 9.17) is 4.74 Å². The molecule has 1 saturated heterocycles. The molecule has 2 aromatic carbocycles. The number of ketones is 1. The molecule has 154 valence electrons. The molecule has 0 bridgehead atoms. The zero-order valence-corrected chi connectivity index (χ0v) is 16.7. The first kappa shape index (κ1) is 20.3. The van der Waals surface area contributed by atoms with Crippen molar-refractivity contribution in [2.75, 3.05) is 32.0 Å². The van der Waals surface area contributed by atoms with Gasteiger partial charge in [-0.3, -0.25) is 4.79 Å². The smallest absolute Gasteiger partial charge is 0.416 e. The summed E-state index contributed by atoms with van der Waals surface area (Å²) in [6.07, 6.45) is -2.97. The molecule has 1 fully saturated rings. The van der Waals surface area contributed by atoms with Crippen molar-refractivity contribution in [2.45, 2.75) is 29.8 Å². The van der Waals surface area contributed by atoms with E-state index in [1.807, 2.05) is 18.2 Å². The third-order valence-electron chi connectivity index (χ3n) is 5.50. The Bertz CT molecular complexity index is 883. The number of nitrogens with zero attached hydrogens (tertiary/aromatic N) is 1. The number of hydrogen-bond donors (Lipinski definition) is 0. The normalized spacial score (nSPS) is 19.6. The highest BCUT2D eigenvalue weighted by atomic mass is 32.2. The Morgan fingerprint density at radius 3 is 2.72 bits per heavy atom. The van der Waals surface area contributed by atoms with Gasteiger partial charge in [-0.15, -0.1) is 11.8 Å². The van der Waals surface area contributed by atoms with E-state index >= 15 is 0 Å². The van der Waals surface area contributed by atoms with E-state index in [1.165, 1.54) is 0 Å². The summed E-state index contributed by atoms with van der Waals surface area (Å²) < 4.78 is 43.7. The monoisotopic (exact) mass is 421 g/mol. The molecule has 2 aliphatic rings. The van der Waals surface area contributed by atoms with Crippen molar-refractivity contribution in [3.8, 4) is 5.75 Å². The van der Waals surface area contributed by atoms with E-state index in [2.05, 4.69) is 4.90 Å². The van der Waals surface area contributed by atoms with Crippen molar-refractivity contribution in [1.29, 1.82) is 0 Å². The van der Waals surface area contributed by atoms with Crippen LogP contribution in [0.5, 0.6) is 5.75 Å². The Morgan fingerprint density at radius 2 is 1.97 bits per heavy atom. The van der Waals surface area contributed by atoms with Crippen molar-refractivity contribution >= 4 is 17.5 Å².